The van der Waals surface area contributed by atoms with Gasteiger partial charge in [0.15, 0.2) is 5.69 Å². The van der Waals surface area contributed by atoms with E-state index in [-0.39, 0.29) is 12.5 Å². The second-order valence-electron chi connectivity index (χ2n) is 5.66. The lowest BCUT2D eigenvalue weighted by Crippen LogP contribution is -2.24. The Morgan fingerprint density at radius 2 is 2.12 bits per heavy atom. The minimum absolute atomic E-state index is 0.253. The molecule has 1 saturated carbocycles. The zero-order valence-corrected chi connectivity index (χ0v) is 12.8. The van der Waals surface area contributed by atoms with Crippen molar-refractivity contribution in [1.82, 2.24) is 25.4 Å². The van der Waals surface area contributed by atoms with E-state index in [0.29, 0.717) is 23.0 Å². The van der Waals surface area contributed by atoms with Gasteiger partial charge in [0.2, 0.25) is 0 Å². The third kappa shape index (κ3) is 3.01. The molecular weight excluding hydrogens is 306 g/mol. The van der Waals surface area contributed by atoms with Crippen molar-refractivity contribution in [1.29, 1.82) is 0 Å². The van der Waals surface area contributed by atoms with Crippen molar-refractivity contribution >= 4 is 5.91 Å². The molecule has 3 heterocycles. The molecule has 7 heteroatoms. The van der Waals surface area contributed by atoms with Crippen LogP contribution in [0.15, 0.2) is 47.5 Å². The van der Waals surface area contributed by atoms with Crippen molar-refractivity contribution in [3.8, 4) is 11.3 Å². The molecular formula is C17H15N5O2. The summed E-state index contributed by atoms with van der Waals surface area (Å²) in [6.45, 7) is 0.253. The van der Waals surface area contributed by atoms with Crippen LogP contribution >= 0.6 is 0 Å². The van der Waals surface area contributed by atoms with Crippen LogP contribution in [0.3, 0.4) is 0 Å². The average Bonchev–Trinajstić information content (AvgIpc) is 3.37. The molecule has 0 bridgehead atoms. The van der Waals surface area contributed by atoms with Gasteiger partial charge in [0.25, 0.3) is 5.91 Å². The van der Waals surface area contributed by atoms with Crippen LogP contribution in [0.4, 0.5) is 0 Å². The quantitative estimate of drug-likeness (QED) is 0.775. The van der Waals surface area contributed by atoms with Crippen molar-refractivity contribution in [3.05, 3.63) is 60.1 Å². The molecule has 1 amide bonds. The van der Waals surface area contributed by atoms with Gasteiger partial charge in [-0.1, -0.05) is 5.16 Å². The van der Waals surface area contributed by atoms with Crippen LogP contribution in [-0.2, 0) is 6.54 Å². The largest absolute Gasteiger partial charge is 0.360 e. The zero-order chi connectivity index (χ0) is 16.4. The number of carbonyl (C=O) groups excluding carboxylic acids is 1. The number of nitrogens with zero attached hydrogens (tertiary/aromatic N) is 4. The molecule has 0 aromatic carbocycles. The number of pyridine rings is 1. The maximum absolute atomic E-state index is 12.2. The predicted octanol–water partition coefficient (Wildman–Crippen LogP) is 2.33. The van der Waals surface area contributed by atoms with E-state index in [2.05, 4.69) is 25.4 Å². The highest BCUT2D eigenvalue weighted by Gasteiger charge is 2.28. The molecule has 1 aliphatic carbocycles. The van der Waals surface area contributed by atoms with Gasteiger partial charge in [-0.2, -0.15) is 0 Å². The summed E-state index contributed by atoms with van der Waals surface area (Å²) in [6, 6.07) is 5.45. The fourth-order valence-electron chi connectivity index (χ4n) is 2.45. The SMILES string of the molecule is O=C(NCc1nccnc1-c1cccnc1)c1cc(C2CC2)on1. The van der Waals surface area contributed by atoms with Gasteiger partial charge in [0.1, 0.15) is 5.76 Å². The van der Waals surface area contributed by atoms with Gasteiger partial charge in [-0.15, -0.1) is 0 Å². The first-order chi connectivity index (χ1) is 11.8. The highest BCUT2D eigenvalue weighted by atomic mass is 16.5. The summed E-state index contributed by atoms with van der Waals surface area (Å²) < 4.78 is 5.21. The van der Waals surface area contributed by atoms with E-state index in [1.54, 1.807) is 30.9 Å². The molecule has 1 fully saturated rings. The number of carbonyl (C=O) groups is 1. The maximum atomic E-state index is 12.2. The summed E-state index contributed by atoms with van der Waals surface area (Å²) in [5.74, 6) is 0.931. The van der Waals surface area contributed by atoms with Crippen LogP contribution in [0.1, 0.15) is 40.7 Å². The summed E-state index contributed by atoms with van der Waals surface area (Å²) in [4.78, 5) is 25.0. The molecule has 0 radical (unpaired) electrons. The van der Waals surface area contributed by atoms with Gasteiger partial charge in [0.05, 0.1) is 17.9 Å². The number of amides is 1. The fourth-order valence-corrected chi connectivity index (χ4v) is 2.45. The van der Waals surface area contributed by atoms with E-state index in [9.17, 15) is 4.79 Å². The van der Waals surface area contributed by atoms with Crippen molar-refractivity contribution in [2.75, 3.05) is 0 Å². The van der Waals surface area contributed by atoms with Crippen molar-refractivity contribution in [3.63, 3.8) is 0 Å². The molecule has 0 spiro atoms. The monoisotopic (exact) mass is 321 g/mol. The van der Waals surface area contributed by atoms with Gasteiger partial charge < -0.3 is 9.84 Å². The number of hydrogen-bond acceptors (Lipinski definition) is 6. The minimum Gasteiger partial charge on any atom is -0.360 e. The number of hydrogen-bond donors (Lipinski definition) is 1. The van der Waals surface area contributed by atoms with E-state index in [0.717, 1.165) is 24.2 Å². The van der Waals surface area contributed by atoms with Gasteiger partial charge in [-0.05, 0) is 25.0 Å². The van der Waals surface area contributed by atoms with Crippen molar-refractivity contribution in [2.24, 2.45) is 0 Å². The maximum Gasteiger partial charge on any atom is 0.273 e. The van der Waals surface area contributed by atoms with E-state index in [4.69, 9.17) is 4.52 Å². The molecule has 4 rings (SSSR count). The molecule has 0 unspecified atom stereocenters. The lowest BCUT2D eigenvalue weighted by Gasteiger charge is -2.07. The second kappa shape index (κ2) is 6.19. The van der Waals surface area contributed by atoms with Crippen molar-refractivity contribution in [2.45, 2.75) is 25.3 Å². The number of nitrogens with one attached hydrogen (secondary N) is 1. The van der Waals surface area contributed by atoms with Crippen LogP contribution in [0, 0.1) is 0 Å². The first-order valence-corrected chi connectivity index (χ1v) is 7.76. The topological polar surface area (TPSA) is 93.8 Å². The highest BCUT2D eigenvalue weighted by Crippen LogP contribution is 2.40. The molecule has 7 nitrogen and oxygen atoms in total. The fraction of sp³-hybridized carbons (Fsp3) is 0.235. The Morgan fingerprint density at radius 1 is 1.25 bits per heavy atom. The standard InChI is InChI=1S/C17H15N5O2/c23-17(13-8-15(24-22-13)11-3-4-11)21-10-14-16(20-7-6-19-14)12-2-1-5-18-9-12/h1-2,5-9,11H,3-4,10H2,(H,21,23). The van der Waals surface area contributed by atoms with Crippen LogP contribution in [0.5, 0.6) is 0 Å². The molecule has 3 aromatic rings. The smallest absolute Gasteiger partial charge is 0.273 e. The Morgan fingerprint density at radius 3 is 2.92 bits per heavy atom. The first kappa shape index (κ1) is 14.5. The molecule has 24 heavy (non-hydrogen) atoms. The summed E-state index contributed by atoms with van der Waals surface area (Å²) in [6.07, 6.45) is 8.84. The van der Waals surface area contributed by atoms with Gasteiger partial charge in [-0.3, -0.25) is 19.7 Å². The van der Waals surface area contributed by atoms with Gasteiger partial charge in [0, 0.05) is 42.3 Å². The van der Waals surface area contributed by atoms with E-state index >= 15 is 0 Å². The van der Waals surface area contributed by atoms with Crippen LogP contribution in [-0.4, -0.2) is 26.0 Å². The third-order valence-electron chi connectivity index (χ3n) is 3.87. The second-order valence-corrected chi connectivity index (χ2v) is 5.66. The molecule has 0 atom stereocenters. The summed E-state index contributed by atoms with van der Waals surface area (Å²) in [5, 5.41) is 6.65. The van der Waals surface area contributed by atoms with Crippen LogP contribution in [0.25, 0.3) is 11.3 Å². The minimum atomic E-state index is -0.284. The lowest BCUT2D eigenvalue weighted by molar-refractivity contribution is 0.0941. The predicted molar refractivity (Wildman–Crippen MR) is 84.9 cm³/mol. The van der Waals surface area contributed by atoms with Crippen LogP contribution in [0.2, 0.25) is 0 Å². The molecule has 0 aliphatic heterocycles. The Balaban J connectivity index is 1.48. The Labute approximate surface area is 138 Å². The molecule has 1 N–H and O–H groups in total. The van der Waals surface area contributed by atoms with Gasteiger partial charge in [-0.25, -0.2) is 0 Å². The number of rotatable bonds is 5. The highest BCUT2D eigenvalue weighted by molar-refractivity contribution is 5.92. The summed E-state index contributed by atoms with van der Waals surface area (Å²) in [5.41, 5.74) is 2.52. The normalized spacial score (nSPS) is 13.7. The van der Waals surface area contributed by atoms with Crippen molar-refractivity contribution < 1.29 is 9.32 Å². The molecule has 120 valence electrons. The molecule has 1 aliphatic rings. The Bertz CT molecular complexity index is 858. The van der Waals surface area contributed by atoms with E-state index in [1.807, 2.05) is 12.1 Å². The third-order valence-corrected chi connectivity index (χ3v) is 3.87. The van der Waals surface area contributed by atoms with E-state index in [1.165, 1.54) is 0 Å². The Kier molecular flexibility index (Phi) is 3.74. The van der Waals surface area contributed by atoms with Gasteiger partial charge >= 0.3 is 0 Å². The summed E-state index contributed by atoms with van der Waals surface area (Å²) in [7, 11) is 0. The van der Waals surface area contributed by atoms with Crippen LogP contribution < -0.4 is 5.32 Å². The van der Waals surface area contributed by atoms with E-state index < -0.39 is 0 Å². The number of aromatic nitrogens is 4. The lowest BCUT2D eigenvalue weighted by atomic mass is 10.1. The zero-order valence-electron chi connectivity index (χ0n) is 12.8. The molecule has 3 aromatic heterocycles. The molecule has 0 saturated heterocycles. The Hall–Kier alpha value is -3.09. The summed E-state index contributed by atoms with van der Waals surface area (Å²) >= 11 is 0. The first-order valence-electron chi connectivity index (χ1n) is 7.76. The average molecular weight is 321 g/mol.